The lowest BCUT2D eigenvalue weighted by Gasteiger charge is -2.37. The highest BCUT2D eigenvalue weighted by Crippen LogP contribution is 2.27. The summed E-state index contributed by atoms with van der Waals surface area (Å²) in [5.74, 6) is 0.369. The van der Waals surface area contributed by atoms with E-state index in [4.69, 9.17) is 4.52 Å². The summed E-state index contributed by atoms with van der Waals surface area (Å²) in [7, 11) is 2.69. The average molecular weight is 359 g/mol. The second-order valence-electron chi connectivity index (χ2n) is 6.95. The minimum atomic E-state index is -3.54. The van der Waals surface area contributed by atoms with Crippen LogP contribution in [-0.4, -0.2) is 81.0 Å². The molecule has 0 N–H and O–H groups in total. The molecule has 2 rings (SSSR count). The number of nitrogens with zero attached hydrogens (tertiary/aromatic N) is 4. The Balaban J connectivity index is 2.05. The van der Waals surface area contributed by atoms with Crippen LogP contribution in [0.4, 0.5) is 0 Å². The molecule has 1 fully saturated rings. The molecule has 7 nitrogen and oxygen atoms in total. The zero-order chi connectivity index (χ0) is 17.9. The first-order valence-corrected chi connectivity index (χ1v) is 9.95. The molecule has 138 valence electrons. The molecular formula is C16H30N4O3S. The number of piperidine rings is 1. The van der Waals surface area contributed by atoms with Crippen LogP contribution in [0.2, 0.25) is 0 Å². The lowest BCUT2D eigenvalue weighted by Crippen LogP contribution is -2.49. The summed E-state index contributed by atoms with van der Waals surface area (Å²) in [4.78, 5) is 4.69. The van der Waals surface area contributed by atoms with E-state index in [2.05, 4.69) is 36.1 Å². The molecule has 0 unspecified atom stereocenters. The molecular weight excluding hydrogens is 328 g/mol. The fourth-order valence-corrected chi connectivity index (χ4v) is 5.10. The van der Waals surface area contributed by atoms with Gasteiger partial charge in [0.25, 0.3) is 0 Å². The maximum absolute atomic E-state index is 13.0. The van der Waals surface area contributed by atoms with Crippen molar-refractivity contribution in [3.05, 3.63) is 11.5 Å². The minimum absolute atomic E-state index is 0.235. The van der Waals surface area contributed by atoms with E-state index in [9.17, 15) is 8.42 Å². The molecule has 0 spiro atoms. The Hall–Kier alpha value is -0.960. The Morgan fingerprint density at radius 3 is 2.54 bits per heavy atom. The lowest BCUT2D eigenvalue weighted by atomic mass is 10.1. The van der Waals surface area contributed by atoms with Crippen LogP contribution >= 0.6 is 0 Å². The molecule has 1 aromatic heterocycles. The second kappa shape index (κ2) is 7.95. The highest BCUT2D eigenvalue weighted by molar-refractivity contribution is 7.89. The van der Waals surface area contributed by atoms with E-state index in [1.807, 2.05) is 0 Å². The van der Waals surface area contributed by atoms with Crippen LogP contribution in [0.1, 0.15) is 30.7 Å². The Kier molecular flexibility index (Phi) is 6.41. The average Bonchev–Trinajstić information content (AvgIpc) is 2.86. The van der Waals surface area contributed by atoms with Gasteiger partial charge < -0.3 is 14.3 Å². The van der Waals surface area contributed by atoms with Gasteiger partial charge in [-0.3, -0.25) is 0 Å². The van der Waals surface area contributed by atoms with Gasteiger partial charge in [-0.25, -0.2) is 8.42 Å². The van der Waals surface area contributed by atoms with Crippen molar-refractivity contribution in [2.75, 3.05) is 47.3 Å². The molecule has 1 aliphatic heterocycles. The number of sulfonamides is 1. The zero-order valence-corrected chi connectivity index (χ0v) is 16.3. The predicted octanol–water partition coefficient (Wildman–Crippen LogP) is 1.33. The minimum Gasteiger partial charge on any atom is -0.360 e. The number of rotatable bonds is 7. The monoisotopic (exact) mass is 358 g/mol. The highest BCUT2D eigenvalue weighted by Gasteiger charge is 2.35. The number of hydrogen-bond donors (Lipinski definition) is 0. The third kappa shape index (κ3) is 4.36. The van der Waals surface area contributed by atoms with Gasteiger partial charge in [-0.2, -0.15) is 4.31 Å². The van der Waals surface area contributed by atoms with Crippen molar-refractivity contribution < 1.29 is 12.9 Å². The van der Waals surface area contributed by atoms with E-state index in [1.165, 1.54) is 0 Å². The predicted molar refractivity (Wildman–Crippen MR) is 93.6 cm³/mol. The van der Waals surface area contributed by atoms with E-state index in [0.717, 1.165) is 32.4 Å². The summed E-state index contributed by atoms with van der Waals surface area (Å²) in [5.41, 5.74) is 0.439. The molecule has 0 aromatic carbocycles. The van der Waals surface area contributed by atoms with Gasteiger partial charge >= 0.3 is 0 Å². The van der Waals surface area contributed by atoms with Gasteiger partial charge in [-0.15, -0.1) is 0 Å². The maximum atomic E-state index is 13.0. The van der Waals surface area contributed by atoms with Gasteiger partial charge in [0.15, 0.2) is 5.76 Å². The Labute approximate surface area is 145 Å². The summed E-state index contributed by atoms with van der Waals surface area (Å²) >= 11 is 0. The molecule has 1 atom stereocenters. The van der Waals surface area contributed by atoms with Crippen molar-refractivity contribution in [3.8, 4) is 0 Å². The number of aryl methyl sites for hydroxylation is 2. The first kappa shape index (κ1) is 19.4. The third-order valence-electron chi connectivity index (χ3n) is 4.66. The van der Waals surface area contributed by atoms with Crippen molar-refractivity contribution in [1.29, 1.82) is 0 Å². The fourth-order valence-electron chi connectivity index (χ4n) is 3.29. The first-order chi connectivity index (χ1) is 11.2. The number of likely N-dealkylation sites (N-methyl/N-ethyl adjacent to an activating group) is 1. The summed E-state index contributed by atoms with van der Waals surface area (Å²) in [6.45, 7) is 6.44. The molecule has 1 saturated heterocycles. The summed E-state index contributed by atoms with van der Waals surface area (Å²) in [6.07, 6.45) is 2.99. The normalized spacial score (nSPS) is 20.2. The van der Waals surface area contributed by atoms with Crippen LogP contribution in [0, 0.1) is 13.8 Å². The molecule has 0 bridgehead atoms. The molecule has 2 heterocycles. The standard InChI is InChI=1S/C16H30N4O3S/c1-13-16(14(2)23-17-13)24(21,22)20-11-6-8-15(12-20)19(5)10-7-9-18(3)4/h15H,6-12H2,1-5H3/t15-/m1/s1. The Morgan fingerprint density at radius 2 is 1.96 bits per heavy atom. The van der Waals surface area contributed by atoms with E-state index >= 15 is 0 Å². The van der Waals surface area contributed by atoms with Gasteiger partial charge in [0.1, 0.15) is 10.6 Å². The van der Waals surface area contributed by atoms with E-state index < -0.39 is 10.0 Å². The molecule has 1 aliphatic rings. The summed E-state index contributed by atoms with van der Waals surface area (Å²) in [6, 6.07) is 0.260. The van der Waals surface area contributed by atoms with Gasteiger partial charge in [0.2, 0.25) is 10.0 Å². The van der Waals surface area contributed by atoms with Crippen LogP contribution in [-0.2, 0) is 10.0 Å². The smallest absolute Gasteiger partial charge is 0.248 e. The van der Waals surface area contributed by atoms with Crippen molar-refractivity contribution in [2.45, 2.75) is 44.0 Å². The van der Waals surface area contributed by atoms with Crippen LogP contribution < -0.4 is 0 Å². The largest absolute Gasteiger partial charge is 0.360 e. The highest BCUT2D eigenvalue weighted by atomic mass is 32.2. The number of aromatic nitrogens is 1. The van der Waals surface area contributed by atoms with Gasteiger partial charge in [0, 0.05) is 19.1 Å². The zero-order valence-electron chi connectivity index (χ0n) is 15.4. The van der Waals surface area contributed by atoms with E-state index in [0.29, 0.717) is 24.5 Å². The molecule has 0 aliphatic carbocycles. The molecule has 8 heteroatoms. The lowest BCUT2D eigenvalue weighted by molar-refractivity contribution is 0.158. The molecule has 1 aromatic rings. The van der Waals surface area contributed by atoms with Gasteiger partial charge in [-0.1, -0.05) is 5.16 Å². The SMILES string of the molecule is Cc1noc(C)c1S(=O)(=O)N1CCC[C@@H](N(C)CCCN(C)C)C1. The number of hydrogen-bond acceptors (Lipinski definition) is 6. The molecule has 24 heavy (non-hydrogen) atoms. The topological polar surface area (TPSA) is 69.9 Å². The summed E-state index contributed by atoms with van der Waals surface area (Å²) < 4.78 is 32.6. The van der Waals surface area contributed by atoms with Crippen LogP contribution in [0.25, 0.3) is 0 Å². The molecule has 0 amide bonds. The Bertz CT molecular complexity index is 622. The first-order valence-electron chi connectivity index (χ1n) is 8.51. The van der Waals surface area contributed by atoms with Crippen LogP contribution in [0.5, 0.6) is 0 Å². The van der Waals surface area contributed by atoms with E-state index in [-0.39, 0.29) is 10.9 Å². The molecule has 0 radical (unpaired) electrons. The summed E-state index contributed by atoms with van der Waals surface area (Å²) in [5, 5.41) is 3.79. The van der Waals surface area contributed by atoms with Crippen LogP contribution in [0.3, 0.4) is 0 Å². The van der Waals surface area contributed by atoms with Crippen molar-refractivity contribution >= 4 is 10.0 Å². The van der Waals surface area contributed by atoms with Crippen molar-refractivity contribution in [3.63, 3.8) is 0 Å². The maximum Gasteiger partial charge on any atom is 0.248 e. The van der Waals surface area contributed by atoms with Gasteiger partial charge in [0.05, 0.1) is 0 Å². The fraction of sp³-hybridized carbons (Fsp3) is 0.812. The third-order valence-corrected chi connectivity index (χ3v) is 6.77. The molecule has 0 saturated carbocycles. The van der Waals surface area contributed by atoms with Crippen molar-refractivity contribution in [1.82, 2.24) is 19.3 Å². The second-order valence-corrected chi connectivity index (χ2v) is 8.82. The van der Waals surface area contributed by atoms with Gasteiger partial charge in [-0.05, 0) is 67.3 Å². The van der Waals surface area contributed by atoms with E-state index in [1.54, 1.807) is 18.2 Å². The van der Waals surface area contributed by atoms with Crippen molar-refractivity contribution in [2.24, 2.45) is 0 Å². The quantitative estimate of drug-likeness (QED) is 0.732. The Morgan fingerprint density at radius 1 is 1.25 bits per heavy atom. The van der Waals surface area contributed by atoms with Crippen LogP contribution in [0.15, 0.2) is 9.42 Å².